The molecule has 1 aliphatic rings. The lowest BCUT2D eigenvalue weighted by atomic mass is 10.1. The summed E-state index contributed by atoms with van der Waals surface area (Å²) in [5.41, 5.74) is 8.74. The van der Waals surface area contributed by atoms with E-state index in [0.29, 0.717) is 12.4 Å². The zero-order valence-electron chi connectivity index (χ0n) is 9.31. The van der Waals surface area contributed by atoms with Crippen molar-refractivity contribution < 1.29 is 4.74 Å². The third kappa shape index (κ3) is 1.89. The molecule has 1 aromatic carbocycles. The number of anilines is 2. The van der Waals surface area contributed by atoms with Gasteiger partial charge in [-0.1, -0.05) is 6.07 Å². The number of aromatic nitrogens is 1. The standard InChI is InChI=1S/C13H13N3O/c14-13-4-2-10(8-16-13)9-1-3-11-12(7-9)17-6-5-15-11/h1-4,7-8,15H,5-6H2,(H2,14,16). The Morgan fingerprint density at radius 3 is 2.88 bits per heavy atom. The lowest BCUT2D eigenvalue weighted by Gasteiger charge is -2.19. The Bertz CT molecular complexity index is 537. The van der Waals surface area contributed by atoms with Gasteiger partial charge < -0.3 is 15.8 Å². The summed E-state index contributed by atoms with van der Waals surface area (Å²) in [5, 5.41) is 3.29. The van der Waals surface area contributed by atoms with Crippen molar-refractivity contribution in [3.8, 4) is 16.9 Å². The Morgan fingerprint density at radius 2 is 2.06 bits per heavy atom. The molecule has 0 unspecified atom stereocenters. The number of nitrogens with two attached hydrogens (primary N) is 1. The number of nitrogens with zero attached hydrogens (tertiary/aromatic N) is 1. The van der Waals surface area contributed by atoms with Gasteiger partial charge in [0.1, 0.15) is 18.2 Å². The van der Waals surface area contributed by atoms with Gasteiger partial charge in [0.25, 0.3) is 0 Å². The number of pyridine rings is 1. The van der Waals surface area contributed by atoms with Crippen LogP contribution in [0.25, 0.3) is 11.1 Å². The van der Waals surface area contributed by atoms with Gasteiger partial charge >= 0.3 is 0 Å². The van der Waals surface area contributed by atoms with Crippen molar-refractivity contribution in [1.29, 1.82) is 0 Å². The van der Waals surface area contributed by atoms with Crippen LogP contribution in [-0.2, 0) is 0 Å². The van der Waals surface area contributed by atoms with Crippen molar-refractivity contribution in [2.75, 3.05) is 24.2 Å². The molecular formula is C13H13N3O. The molecule has 86 valence electrons. The van der Waals surface area contributed by atoms with Crippen molar-refractivity contribution in [2.45, 2.75) is 0 Å². The smallest absolute Gasteiger partial charge is 0.143 e. The van der Waals surface area contributed by atoms with Crippen molar-refractivity contribution in [3.05, 3.63) is 36.5 Å². The van der Waals surface area contributed by atoms with E-state index in [4.69, 9.17) is 10.5 Å². The van der Waals surface area contributed by atoms with Gasteiger partial charge in [0.15, 0.2) is 0 Å². The highest BCUT2D eigenvalue weighted by Crippen LogP contribution is 2.32. The molecule has 0 saturated heterocycles. The molecule has 0 bridgehead atoms. The van der Waals surface area contributed by atoms with Crippen LogP contribution in [0.4, 0.5) is 11.5 Å². The zero-order chi connectivity index (χ0) is 11.7. The number of hydrogen-bond donors (Lipinski definition) is 2. The Morgan fingerprint density at radius 1 is 1.18 bits per heavy atom. The number of fused-ring (bicyclic) bond motifs is 1. The lowest BCUT2D eigenvalue weighted by molar-refractivity contribution is 0.323. The molecule has 4 heteroatoms. The van der Waals surface area contributed by atoms with Crippen molar-refractivity contribution >= 4 is 11.5 Å². The molecule has 2 aromatic rings. The Balaban J connectivity index is 2.01. The number of nitrogens with one attached hydrogen (secondary N) is 1. The second-order valence-electron chi connectivity index (χ2n) is 3.96. The Kier molecular flexibility index (Phi) is 2.33. The van der Waals surface area contributed by atoms with Crippen LogP contribution in [0.3, 0.4) is 0 Å². The van der Waals surface area contributed by atoms with E-state index in [2.05, 4.69) is 10.3 Å². The minimum absolute atomic E-state index is 0.532. The topological polar surface area (TPSA) is 60.2 Å². The molecule has 0 atom stereocenters. The fourth-order valence-electron chi connectivity index (χ4n) is 1.89. The SMILES string of the molecule is Nc1ccc(-c2ccc3c(c2)OCCN3)cn1. The van der Waals surface area contributed by atoms with E-state index in [1.54, 1.807) is 12.3 Å². The van der Waals surface area contributed by atoms with Crippen molar-refractivity contribution in [3.63, 3.8) is 0 Å². The fourth-order valence-corrected chi connectivity index (χ4v) is 1.89. The first-order valence-corrected chi connectivity index (χ1v) is 5.55. The minimum Gasteiger partial charge on any atom is -0.490 e. The van der Waals surface area contributed by atoms with Gasteiger partial charge in [0, 0.05) is 18.3 Å². The molecule has 4 nitrogen and oxygen atoms in total. The summed E-state index contributed by atoms with van der Waals surface area (Å²) in [5.74, 6) is 1.43. The average Bonchev–Trinajstić information content (AvgIpc) is 2.39. The van der Waals surface area contributed by atoms with Gasteiger partial charge in [-0.3, -0.25) is 0 Å². The molecule has 0 spiro atoms. The van der Waals surface area contributed by atoms with Crippen molar-refractivity contribution in [2.24, 2.45) is 0 Å². The summed E-state index contributed by atoms with van der Waals surface area (Å²) >= 11 is 0. The van der Waals surface area contributed by atoms with Gasteiger partial charge in [0.2, 0.25) is 0 Å². The number of hydrogen-bond acceptors (Lipinski definition) is 4. The maximum Gasteiger partial charge on any atom is 0.143 e. The number of benzene rings is 1. The van der Waals surface area contributed by atoms with Crippen LogP contribution in [-0.4, -0.2) is 18.1 Å². The fraction of sp³-hybridized carbons (Fsp3) is 0.154. The van der Waals surface area contributed by atoms with E-state index < -0.39 is 0 Å². The summed E-state index contributed by atoms with van der Waals surface area (Å²) < 4.78 is 5.60. The molecule has 0 aliphatic carbocycles. The first-order valence-electron chi connectivity index (χ1n) is 5.55. The van der Waals surface area contributed by atoms with Crippen LogP contribution in [0.2, 0.25) is 0 Å². The highest BCUT2D eigenvalue weighted by molar-refractivity contribution is 5.71. The maximum absolute atomic E-state index is 5.60. The Labute approximate surface area is 99.4 Å². The molecule has 0 fully saturated rings. The average molecular weight is 227 g/mol. The van der Waals surface area contributed by atoms with Crippen LogP contribution < -0.4 is 15.8 Å². The first-order chi connectivity index (χ1) is 8.33. The molecule has 0 amide bonds. The van der Waals surface area contributed by atoms with Crippen molar-refractivity contribution in [1.82, 2.24) is 4.98 Å². The van der Waals surface area contributed by atoms with E-state index >= 15 is 0 Å². The quantitative estimate of drug-likeness (QED) is 0.783. The third-order valence-corrected chi connectivity index (χ3v) is 2.78. The van der Waals surface area contributed by atoms with Gasteiger partial charge in [-0.2, -0.15) is 0 Å². The molecule has 0 radical (unpaired) electrons. The minimum atomic E-state index is 0.532. The van der Waals surface area contributed by atoms with Gasteiger partial charge in [-0.25, -0.2) is 4.98 Å². The maximum atomic E-state index is 5.60. The van der Waals surface area contributed by atoms with Crippen LogP contribution in [0, 0.1) is 0 Å². The van der Waals surface area contributed by atoms with E-state index in [9.17, 15) is 0 Å². The van der Waals surface area contributed by atoms with Gasteiger partial charge in [-0.15, -0.1) is 0 Å². The van der Waals surface area contributed by atoms with Crippen LogP contribution in [0.1, 0.15) is 0 Å². The summed E-state index contributed by atoms with van der Waals surface area (Å²) in [6, 6.07) is 9.86. The summed E-state index contributed by atoms with van der Waals surface area (Å²) in [6.07, 6.45) is 1.77. The molecular weight excluding hydrogens is 214 g/mol. The van der Waals surface area contributed by atoms with Gasteiger partial charge in [0.05, 0.1) is 5.69 Å². The normalized spacial score (nSPS) is 13.4. The number of rotatable bonds is 1. The third-order valence-electron chi connectivity index (χ3n) is 2.78. The summed E-state index contributed by atoms with van der Waals surface area (Å²) in [7, 11) is 0. The predicted molar refractivity (Wildman–Crippen MR) is 68.1 cm³/mol. The molecule has 2 heterocycles. The second-order valence-corrected chi connectivity index (χ2v) is 3.96. The highest BCUT2D eigenvalue weighted by Gasteiger charge is 2.10. The highest BCUT2D eigenvalue weighted by atomic mass is 16.5. The lowest BCUT2D eigenvalue weighted by Crippen LogP contribution is -2.17. The number of nitrogen functional groups attached to an aromatic ring is 1. The molecule has 0 saturated carbocycles. The predicted octanol–water partition coefficient (Wildman–Crippen LogP) is 2.14. The molecule has 1 aliphatic heterocycles. The zero-order valence-corrected chi connectivity index (χ0v) is 9.31. The molecule has 3 rings (SSSR count). The van der Waals surface area contributed by atoms with E-state index in [-0.39, 0.29) is 0 Å². The van der Waals surface area contributed by atoms with Crippen LogP contribution >= 0.6 is 0 Å². The monoisotopic (exact) mass is 227 g/mol. The molecule has 17 heavy (non-hydrogen) atoms. The summed E-state index contributed by atoms with van der Waals surface area (Å²) in [6.45, 7) is 1.56. The van der Waals surface area contributed by atoms with E-state index in [1.165, 1.54) is 0 Å². The largest absolute Gasteiger partial charge is 0.490 e. The van der Waals surface area contributed by atoms with Crippen LogP contribution in [0.5, 0.6) is 5.75 Å². The number of ether oxygens (including phenoxy) is 1. The van der Waals surface area contributed by atoms with E-state index in [0.717, 1.165) is 29.1 Å². The summed E-state index contributed by atoms with van der Waals surface area (Å²) in [4.78, 5) is 4.09. The Hall–Kier alpha value is -2.23. The second kappa shape index (κ2) is 3.97. The van der Waals surface area contributed by atoms with Crippen LogP contribution in [0.15, 0.2) is 36.5 Å². The molecule has 3 N–H and O–H groups in total. The van der Waals surface area contributed by atoms with E-state index in [1.807, 2.05) is 24.3 Å². The van der Waals surface area contributed by atoms with Gasteiger partial charge in [-0.05, 0) is 29.8 Å². The molecule has 1 aromatic heterocycles. The first kappa shape index (κ1) is 9.96.